The number of carboxylic acids is 1. The molecular formula is C16H29NO6S. The van der Waals surface area contributed by atoms with E-state index in [2.05, 4.69) is 5.32 Å². The van der Waals surface area contributed by atoms with Crippen LogP contribution in [0.15, 0.2) is 0 Å². The van der Waals surface area contributed by atoms with E-state index in [0.29, 0.717) is 17.9 Å². The predicted octanol–water partition coefficient (Wildman–Crippen LogP) is 2.54. The van der Waals surface area contributed by atoms with Crippen LogP contribution in [-0.4, -0.2) is 54.4 Å². The molecule has 0 aromatic heterocycles. The number of alkyl carbamates (subject to hydrolysis) is 1. The van der Waals surface area contributed by atoms with Crippen molar-refractivity contribution in [3.63, 3.8) is 0 Å². The number of thioether (sulfide) groups is 1. The highest BCUT2D eigenvalue weighted by Gasteiger charge is 2.27. The highest BCUT2D eigenvalue weighted by atomic mass is 32.2. The van der Waals surface area contributed by atoms with Crippen LogP contribution in [-0.2, 0) is 19.1 Å². The monoisotopic (exact) mass is 363 g/mol. The van der Waals surface area contributed by atoms with E-state index in [-0.39, 0.29) is 25.7 Å². The maximum absolute atomic E-state index is 11.7. The van der Waals surface area contributed by atoms with Crippen LogP contribution in [0.2, 0.25) is 0 Å². The molecule has 0 aliphatic heterocycles. The van der Waals surface area contributed by atoms with Crippen LogP contribution in [0, 0.1) is 10.8 Å². The third kappa shape index (κ3) is 9.00. The van der Waals surface area contributed by atoms with Gasteiger partial charge < -0.3 is 19.9 Å². The summed E-state index contributed by atoms with van der Waals surface area (Å²) in [5, 5.41) is 11.5. The molecule has 7 nitrogen and oxygen atoms in total. The van der Waals surface area contributed by atoms with Gasteiger partial charge in [0.1, 0.15) is 13.2 Å². The molecule has 0 bridgehead atoms. The molecular weight excluding hydrogens is 334 g/mol. The van der Waals surface area contributed by atoms with Gasteiger partial charge in [-0.05, 0) is 34.1 Å². The van der Waals surface area contributed by atoms with Crippen LogP contribution in [0.3, 0.4) is 0 Å². The first-order valence-electron chi connectivity index (χ1n) is 7.92. The fourth-order valence-electron chi connectivity index (χ4n) is 1.27. The van der Waals surface area contributed by atoms with Crippen LogP contribution in [0.5, 0.6) is 0 Å². The van der Waals surface area contributed by atoms with Crippen LogP contribution >= 0.6 is 11.8 Å². The maximum atomic E-state index is 11.7. The summed E-state index contributed by atoms with van der Waals surface area (Å²) in [5.74, 6) is -0.188. The second-order valence-electron chi connectivity index (χ2n) is 6.68. The van der Waals surface area contributed by atoms with Crippen LogP contribution in [0.4, 0.5) is 4.79 Å². The number of carbonyl (C=O) groups excluding carboxylic acids is 2. The summed E-state index contributed by atoms with van der Waals surface area (Å²) >= 11 is 1.41. The van der Waals surface area contributed by atoms with E-state index in [9.17, 15) is 14.4 Å². The second-order valence-corrected chi connectivity index (χ2v) is 7.78. The van der Waals surface area contributed by atoms with Crippen LogP contribution in [0.25, 0.3) is 0 Å². The zero-order chi connectivity index (χ0) is 18.8. The molecule has 0 radical (unpaired) electrons. The number of esters is 1. The minimum atomic E-state index is -0.852. The molecule has 0 saturated carbocycles. The lowest BCUT2D eigenvalue weighted by molar-refractivity contribution is -0.154. The molecule has 1 amide bonds. The molecule has 140 valence electrons. The van der Waals surface area contributed by atoms with Gasteiger partial charge in [0.2, 0.25) is 0 Å². The average Bonchev–Trinajstić information content (AvgIpc) is 2.50. The van der Waals surface area contributed by atoms with Gasteiger partial charge in [-0.2, -0.15) is 11.8 Å². The smallest absolute Gasteiger partial charge is 0.407 e. The van der Waals surface area contributed by atoms with Crippen LogP contribution < -0.4 is 5.32 Å². The summed E-state index contributed by atoms with van der Waals surface area (Å²) < 4.78 is 10.0. The van der Waals surface area contributed by atoms with Crippen molar-refractivity contribution in [1.82, 2.24) is 5.32 Å². The van der Waals surface area contributed by atoms with Gasteiger partial charge >= 0.3 is 18.0 Å². The van der Waals surface area contributed by atoms with Crippen molar-refractivity contribution in [2.45, 2.75) is 41.0 Å². The number of nitrogens with one attached hydrogen (secondary N) is 1. The molecule has 0 fully saturated rings. The number of hydrogen-bond donors (Lipinski definition) is 2. The number of hydrogen-bond acceptors (Lipinski definition) is 6. The van der Waals surface area contributed by atoms with E-state index in [1.807, 2.05) is 6.92 Å². The molecule has 24 heavy (non-hydrogen) atoms. The van der Waals surface area contributed by atoms with Gasteiger partial charge in [-0.25, -0.2) is 4.79 Å². The van der Waals surface area contributed by atoms with E-state index in [0.717, 1.165) is 0 Å². The van der Waals surface area contributed by atoms with Crippen molar-refractivity contribution in [3.05, 3.63) is 0 Å². The number of carboxylic acid groups (broad SMARTS) is 1. The van der Waals surface area contributed by atoms with E-state index in [1.165, 1.54) is 11.8 Å². The molecule has 0 atom stereocenters. The molecule has 2 N–H and O–H groups in total. The Morgan fingerprint density at radius 2 is 1.67 bits per heavy atom. The van der Waals surface area contributed by atoms with Crippen molar-refractivity contribution in [1.29, 1.82) is 0 Å². The summed E-state index contributed by atoms with van der Waals surface area (Å²) in [7, 11) is 0. The van der Waals surface area contributed by atoms with E-state index in [4.69, 9.17) is 14.6 Å². The second kappa shape index (κ2) is 10.4. The van der Waals surface area contributed by atoms with Gasteiger partial charge in [-0.15, -0.1) is 0 Å². The summed E-state index contributed by atoms with van der Waals surface area (Å²) in [6.45, 7) is 9.29. The summed E-state index contributed by atoms with van der Waals surface area (Å²) in [6, 6.07) is 0. The Hall–Kier alpha value is -1.44. The number of ether oxygens (including phenoxy) is 2. The fourth-order valence-corrected chi connectivity index (χ4v) is 2.25. The standard InChI is InChI=1S/C16H29NO6S/c1-6-15(2,3)13(20)22-8-7-17-14(21)23-9-10-24-11-16(4,5)12(18)19/h6-11H2,1-5H3,(H,17,21)(H,18,19). The molecule has 0 spiro atoms. The number of aliphatic carboxylic acids is 1. The molecule has 0 rings (SSSR count). The third-order valence-electron chi connectivity index (χ3n) is 3.54. The Labute approximate surface area is 147 Å². The third-order valence-corrected chi connectivity index (χ3v) is 4.92. The Kier molecular flexibility index (Phi) is 9.80. The first kappa shape index (κ1) is 22.6. The summed E-state index contributed by atoms with van der Waals surface area (Å²) in [5.41, 5.74) is -1.33. The zero-order valence-electron chi connectivity index (χ0n) is 15.1. The van der Waals surface area contributed by atoms with Crippen molar-refractivity contribution < 1.29 is 29.0 Å². The summed E-state index contributed by atoms with van der Waals surface area (Å²) in [6.07, 6.45) is 0.0939. The van der Waals surface area contributed by atoms with E-state index >= 15 is 0 Å². The average molecular weight is 363 g/mol. The SMILES string of the molecule is CCC(C)(C)C(=O)OCCNC(=O)OCCSCC(C)(C)C(=O)O. The molecule has 0 aromatic rings. The first-order chi connectivity index (χ1) is 11.0. The van der Waals surface area contributed by atoms with Gasteiger partial charge in [-0.3, -0.25) is 9.59 Å². The lowest BCUT2D eigenvalue weighted by atomic mass is 9.91. The Morgan fingerprint density at radius 1 is 1.04 bits per heavy atom. The predicted molar refractivity (Wildman–Crippen MR) is 93.1 cm³/mol. The Morgan fingerprint density at radius 3 is 2.21 bits per heavy atom. The number of carbonyl (C=O) groups is 3. The van der Waals surface area contributed by atoms with Crippen molar-refractivity contribution in [2.75, 3.05) is 31.3 Å². The van der Waals surface area contributed by atoms with Gasteiger partial charge in [0.05, 0.1) is 17.4 Å². The number of amides is 1. The lowest BCUT2D eigenvalue weighted by Gasteiger charge is -2.20. The largest absolute Gasteiger partial charge is 0.481 e. The minimum absolute atomic E-state index is 0.0961. The summed E-state index contributed by atoms with van der Waals surface area (Å²) in [4.78, 5) is 34.1. The normalized spacial score (nSPS) is 11.7. The zero-order valence-corrected chi connectivity index (χ0v) is 16.0. The fraction of sp³-hybridized carbons (Fsp3) is 0.812. The molecule has 0 aliphatic rings. The molecule has 0 saturated heterocycles. The highest BCUT2D eigenvalue weighted by molar-refractivity contribution is 7.99. The maximum Gasteiger partial charge on any atom is 0.407 e. The molecule has 0 aliphatic carbocycles. The molecule has 0 unspecified atom stereocenters. The van der Waals surface area contributed by atoms with E-state index in [1.54, 1.807) is 27.7 Å². The quantitative estimate of drug-likeness (QED) is 0.429. The van der Waals surface area contributed by atoms with Crippen LogP contribution in [0.1, 0.15) is 41.0 Å². The lowest BCUT2D eigenvalue weighted by Crippen LogP contribution is -2.32. The van der Waals surface area contributed by atoms with E-state index < -0.39 is 22.9 Å². The number of rotatable bonds is 11. The van der Waals surface area contributed by atoms with Gasteiger partial charge in [0.25, 0.3) is 0 Å². The van der Waals surface area contributed by atoms with Gasteiger partial charge in [0, 0.05) is 11.5 Å². The minimum Gasteiger partial charge on any atom is -0.481 e. The van der Waals surface area contributed by atoms with Gasteiger partial charge in [-0.1, -0.05) is 6.92 Å². The Balaban J connectivity index is 3.72. The molecule has 0 aromatic carbocycles. The Bertz CT molecular complexity index is 436. The van der Waals surface area contributed by atoms with Crippen molar-refractivity contribution >= 4 is 29.8 Å². The van der Waals surface area contributed by atoms with Crippen molar-refractivity contribution in [3.8, 4) is 0 Å². The highest BCUT2D eigenvalue weighted by Crippen LogP contribution is 2.22. The van der Waals surface area contributed by atoms with Crippen molar-refractivity contribution in [2.24, 2.45) is 10.8 Å². The topological polar surface area (TPSA) is 102 Å². The molecule has 8 heteroatoms. The van der Waals surface area contributed by atoms with Gasteiger partial charge in [0.15, 0.2) is 0 Å². The first-order valence-corrected chi connectivity index (χ1v) is 9.07. The molecule has 0 heterocycles.